The molecule has 61 heavy (non-hydrogen) atoms. The van der Waals surface area contributed by atoms with Gasteiger partial charge in [0.2, 0.25) is 0 Å². The van der Waals surface area contributed by atoms with E-state index >= 15 is 0 Å². The van der Waals surface area contributed by atoms with Gasteiger partial charge in [0.05, 0.1) is 6.57 Å². The van der Waals surface area contributed by atoms with E-state index < -0.39 is 0 Å². The monoisotopic (exact) mass is 776 g/mol. The van der Waals surface area contributed by atoms with Crippen LogP contribution in [0.5, 0.6) is 0 Å². The summed E-state index contributed by atoms with van der Waals surface area (Å²) < 4.78 is 6.28. The van der Waals surface area contributed by atoms with Crippen molar-refractivity contribution in [3.05, 3.63) is 206 Å². The van der Waals surface area contributed by atoms with Gasteiger partial charge in [0, 0.05) is 27.5 Å². The molecule has 0 N–H and O–H groups in total. The number of hydrogen-bond acceptors (Lipinski definition) is 4. The number of aromatic nitrogens is 3. The van der Waals surface area contributed by atoms with Crippen LogP contribution in [0.4, 0.5) is 5.69 Å². The van der Waals surface area contributed by atoms with Gasteiger partial charge in [-0.3, -0.25) is 0 Å². The molecule has 0 unspecified atom stereocenters. The number of furan rings is 1. The highest BCUT2D eigenvalue weighted by atomic mass is 16.3. The van der Waals surface area contributed by atoms with Crippen LogP contribution in [-0.2, 0) is 0 Å². The molecule has 0 saturated heterocycles. The summed E-state index contributed by atoms with van der Waals surface area (Å²) in [6.45, 7) is 7.83. The first-order valence-electron chi connectivity index (χ1n) is 20.3. The van der Waals surface area contributed by atoms with E-state index in [1.54, 1.807) is 0 Å². The second kappa shape index (κ2) is 13.8. The van der Waals surface area contributed by atoms with Crippen molar-refractivity contribution in [2.24, 2.45) is 0 Å². The van der Waals surface area contributed by atoms with E-state index in [4.69, 9.17) is 25.9 Å². The first-order chi connectivity index (χ1) is 30.2. The molecule has 0 amide bonds. The minimum absolute atomic E-state index is 0.576. The minimum Gasteiger partial charge on any atom is -0.456 e. The molecule has 0 aliphatic rings. The van der Waals surface area contributed by atoms with Crippen LogP contribution in [0.25, 0.3) is 126 Å². The summed E-state index contributed by atoms with van der Waals surface area (Å²) in [5.74, 6) is 1.77. The summed E-state index contributed by atoms with van der Waals surface area (Å²) in [4.78, 5) is 19.1. The fraction of sp³-hybridized carbons (Fsp3) is 0. The summed E-state index contributed by atoms with van der Waals surface area (Å²) >= 11 is 0. The van der Waals surface area contributed by atoms with Gasteiger partial charge in [-0.05, 0) is 102 Å². The van der Waals surface area contributed by atoms with Gasteiger partial charge in [-0.15, -0.1) is 0 Å². The molecule has 0 aliphatic heterocycles. The van der Waals surface area contributed by atoms with Gasteiger partial charge < -0.3 is 4.42 Å². The van der Waals surface area contributed by atoms with E-state index in [1.807, 2.05) is 72.8 Å². The number of fused-ring (bicyclic) bond motifs is 9. The van der Waals surface area contributed by atoms with Gasteiger partial charge >= 0.3 is 0 Å². The van der Waals surface area contributed by atoms with Crippen molar-refractivity contribution < 1.29 is 4.42 Å². The third-order valence-electron chi connectivity index (χ3n) is 11.9. The van der Waals surface area contributed by atoms with E-state index in [9.17, 15) is 0 Å². The highest BCUT2D eigenvalue weighted by Gasteiger charge is 2.19. The maximum absolute atomic E-state index is 7.83. The molecule has 0 aliphatic carbocycles. The Bertz CT molecular complexity index is 3790. The Hall–Kier alpha value is -8.46. The Morgan fingerprint density at radius 2 is 0.820 bits per heavy atom. The van der Waals surface area contributed by atoms with Gasteiger partial charge in [0.25, 0.3) is 0 Å². The van der Waals surface area contributed by atoms with Crippen molar-refractivity contribution in [2.45, 2.75) is 0 Å². The topological polar surface area (TPSA) is 56.2 Å². The van der Waals surface area contributed by atoms with Crippen molar-refractivity contribution >= 4 is 70.7 Å². The fourth-order valence-corrected chi connectivity index (χ4v) is 9.07. The van der Waals surface area contributed by atoms with E-state index in [0.29, 0.717) is 23.2 Å². The molecule has 2 aromatic heterocycles. The maximum atomic E-state index is 7.83. The molecule has 10 aromatic carbocycles. The predicted octanol–water partition coefficient (Wildman–Crippen LogP) is 15.3. The molecular formula is C56H32N4O. The number of para-hydroxylation sites is 1. The van der Waals surface area contributed by atoms with E-state index in [1.165, 1.54) is 21.5 Å². The molecule has 12 aromatic rings. The lowest BCUT2D eigenvalue weighted by atomic mass is 9.86. The highest BCUT2D eigenvalue weighted by Crippen LogP contribution is 2.44. The number of benzene rings is 10. The molecular weight excluding hydrogens is 745 g/mol. The van der Waals surface area contributed by atoms with Gasteiger partial charge in [-0.25, -0.2) is 19.8 Å². The van der Waals surface area contributed by atoms with Crippen LogP contribution in [0, 0.1) is 6.57 Å². The van der Waals surface area contributed by atoms with Crippen LogP contribution in [-0.4, -0.2) is 15.0 Å². The third-order valence-corrected chi connectivity index (χ3v) is 11.9. The van der Waals surface area contributed by atoms with Gasteiger partial charge in [-0.1, -0.05) is 158 Å². The molecule has 0 fully saturated rings. The average molecular weight is 777 g/mol. The van der Waals surface area contributed by atoms with E-state index in [2.05, 4.69) is 126 Å². The van der Waals surface area contributed by atoms with Crippen molar-refractivity contribution in [2.75, 3.05) is 0 Å². The molecule has 0 saturated carbocycles. The molecule has 0 atom stereocenters. The summed E-state index contributed by atoms with van der Waals surface area (Å²) in [5.41, 5.74) is 9.42. The Morgan fingerprint density at radius 3 is 1.52 bits per heavy atom. The lowest BCUT2D eigenvalue weighted by Crippen LogP contribution is -2.00. The van der Waals surface area contributed by atoms with Crippen molar-refractivity contribution in [3.63, 3.8) is 0 Å². The molecule has 0 radical (unpaired) electrons. The summed E-state index contributed by atoms with van der Waals surface area (Å²) in [6, 6.07) is 67.3. The van der Waals surface area contributed by atoms with Crippen LogP contribution in [0.2, 0.25) is 0 Å². The molecule has 0 spiro atoms. The molecule has 0 bridgehead atoms. The van der Waals surface area contributed by atoms with Crippen LogP contribution >= 0.6 is 0 Å². The van der Waals surface area contributed by atoms with Crippen LogP contribution in [0.1, 0.15) is 0 Å². The second-order valence-corrected chi connectivity index (χ2v) is 15.4. The Labute approximate surface area is 350 Å². The van der Waals surface area contributed by atoms with Crippen LogP contribution in [0.15, 0.2) is 199 Å². The average Bonchev–Trinajstić information content (AvgIpc) is 3.71. The van der Waals surface area contributed by atoms with E-state index in [0.717, 1.165) is 82.4 Å². The molecule has 282 valence electrons. The summed E-state index contributed by atoms with van der Waals surface area (Å²) in [7, 11) is 0. The van der Waals surface area contributed by atoms with Crippen LogP contribution < -0.4 is 0 Å². The lowest BCUT2D eigenvalue weighted by Gasteiger charge is -2.17. The lowest BCUT2D eigenvalue weighted by molar-refractivity contribution is 0.669. The second-order valence-electron chi connectivity index (χ2n) is 15.4. The summed E-state index contributed by atoms with van der Waals surface area (Å²) in [5, 5.41) is 11.2. The zero-order valence-electron chi connectivity index (χ0n) is 32.7. The fourth-order valence-electron chi connectivity index (χ4n) is 9.07. The number of hydrogen-bond donors (Lipinski definition) is 0. The third kappa shape index (κ3) is 5.66. The van der Waals surface area contributed by atoms with Crippen molar-refractivity contribution in [1.82, 2.24) is 15.0 Å². The van der Waals surface area contributed by atoms with Gasteiger partial charge in [0.15, 0.2) is 23.2 Å². The minimum atomic E-state index is 0.576. The first-order valence-corrected chi connectivity index (χ1v) is 20.3. The Balaban J connectivity index is 1.04. The zero-order chi connectivity index (χ0) is 40.4. The predicted molar refractivity (Wildman–Crippen MR) is 251 cm³/mol. The Morgan fingerprint density at radius 1 is 0.311 bits per heavy atom. The SMILES string of the molecule is [C-]#[N+]c1ccc(-c2cc3c4ccccc4c(-c4cccc(-c5nc(-c6ccccc6)nc(-c6ccc7c(c6)oc6ccccc67)n5)c4)cc3c3ccccc23)c2ccccc12. The first kappa shape index (κ1) is 34.6. The zero-order valence-corrected chi connectivity index (χ0v) is 32.7. The van der Waals surface area contributed by atoms with E-state index in [-0.39, 0.29) is 0 Å². The molecule has 2 heterocycles. The number of rotatable bonds is 5. The largest absolute Gasteiger partial charge is 0.456 e. The highest BCUT2D eigenvalue weighted by molar-refractivity contribution is 6.25. The van der Waals surface area contributed by atoms with Crippen molar-refractivity contribution in [3.8, 4) is 56.4 Å². The van der Waals surface area contributed by atoms with Gasteiger partial charge in [-0.2, -0.15) is 0 Å². The molecule has 5 heteroatoms. The summed E-state index contributed by atoms with van der Waals surface area (Å²) in [6.07, 6.45) is 0. The number of nitrogens with zero attached hydrogens (tertiary/aromatic N) is 4. The Kier molecular flexibility index (Phi) is 7.84. The molecule has 12 rings (SSSR count). The van der Waals surface area contributed by atoms with Crippen molar-refractivity contribution in [1.29, 1.82) is 0 Å². The molecule has 5 nitrogen and oxygen atoms in total. The normalized spacial score (nSPS) is 11.6. The maximum Gasteiger partial charge on any atom is 0.194 e. The standard InChI is InChI=1S/C56H32N4O/c1-57-51-29-28-43(38-18-9-10-23-44(38)51)48-33-50-40-20-6-5-19-39(40)47(32-49(50)42-22-8-7-21-41(42)48)35-16-13-17-36(30-35)55-58-54(34-14-3-2-4-15-34)59-56(60-55)37-26-27-46-45-24-11-12-25-52(45)61-53(46)31-37/h2-33H. The van der Waals surface area contributed by atoms with Crippen LogP contribution in [0.3, 0.4) is 0 Å². The van der Waals surface area contributed by atoms with Gasteiger partial charge in [0.1, 0.15) is 11.2 Å². The smallest absolute Gasteiger partial charge is 0.194 e. The quantitative estimate of drug-likeness (QED) is 0.129.